The van der Waals surface area contributed by atoms with E-state index in [2.05, 4.69) is 5.32 Å². The van der Waals surface area contributed by atoms with Gasteiger partial charge in [-0.2, -0.15) is 11.8 Å². The Bertz CT molecular complexity index is 184. The van der Waals surface area contributed by atoms with E-state index in [1.807, 2.05) is 11.8 Å². The molecule has 0 aliphatic carbocycles. The van der Waals surface area contributed by atoms with Gasteiger partial charge in [-0.1, -0.05) is 0 Å². The van der Waals surface area contributed by atoms with Gasteiger partial charge in [-0.3, -0.25) is 0 Å². The molecule has 1 N–H and O–H groups in total. The van der Waals surface area contributed by atoms with Crippen molar-refractivity contribution >= 4 is 17.9 Å². The van der Waals surface area contributed by atoms with Crippen LogP contribution in [0.2, 0.25) is 0 Å². The van der Waals surface area contributed by atoms with Gasteiger partial charge in [-0.15, -0.1) is 0 Å². The Morgan fingerprint density at radius 3 is 2.75 bits per heavy atom. The number of alkyl carbamates (subject to hydrolysis) is 1. The smallest absolute Gasteiger partial charge is 0.407 e. The minimum atomic E-state index is -0.229. The molecule has 2 aliphatic heterocycles. The molecule has 0 aromatic rings. The van der Waals surface area contributed by atoms with Gasteiger partial charge in [0.25, 0.3) is 0 Å². The van der Waals surface area contributed by atoms with Crippen LogP contribution in [-0.2, 0) is 4.74 Å². The quantitative estimate of drug-likeness (QED) is 0.622. The molecule has 0 atom stereocenters. The maximum absolute atomic E-state index is 11.0. The summed E-state index contributed by atoms with van der Waals surface area (Å²) >= 11 is 1.97. The summed E-state index contributed by atoms with van der Waals surface area (Å²) < 4.78 is 4.85. The third-order valence-corrected chi connectivity index (χ3v) is 3.62. The van der Waals surface area contributed by atoms with E-state index < -0.39 is 0 Å². The molecule has 2 heterocycles. The van der Waals surface area contributed by atoms with Crippen LogP contribution in [-0.4, -0.2) is 29.7 Å². The lowest BCUT2D eigenvalue weighted by Crippen LogP contribution is -2.55. The number of nitrogens with one attached hydrogen (secondary N) is 1. The Morgan fingerprint density at radius 1 is 1.33 bits per heavy atom. The standard InChI is InChI=1S/C8H13NO2S/c10-7-9-8(1-4-11-7)2-5-12-6-3-8/h1-6H2,(H,9,10). The van der Waals surface area contributed by atoms with Crippen molar-refractivity contribution in [3.8, 4) is 0 Å². The minimum absolute atomic E-state index is 0.0839. The van der Waals surface area contributed by atoms with Crippen LogP contribution in [0.25, 0.3) is 0 Å². The summed E-state index contributed by atoms with van der Waals surface area (Å²) in [5.74, 6) is 2.33. The molecular weight excluding hydrogens is 174 g/mol. The van der Waals surface area contributed by atoms with Gasteiger partial charge >= 0.3 is 6.09 Å². The highest BCUT2D eigenvalue weighted by Crippen LogP contribution is 2.31. The molecule has 2 aliphatic rings. The van der Waals surface area contributed by atoms with Crippen molar-refractivity contribution in [2.75, 3.05) is 18.1 Å². The highest BCUT2D eigenvalue weighted by molar-refractivity contribution is 7.99. The molecule has 0 radical (unpaired) electrons. The number of cyclic esters (lactones) is 1. The third kappa shape index (κ3) is 1.53. The van der Waals surface area contributed by atoms with E-state index in [1.165, 1.54) is 11.5 Å². The monoisotopic (exact) mass is 187 g/mol. The summed E-state index contributed by atoms with van der Waals surface area (Å²) in [5, 5.41) is 2.96. The fourth-order valence-corrected chi connectivity index (χ4v) is 3.07. The van der Waals surface area contributed by atoms with Crippen molar-refractivity contribution in [3.63, 3.8) is 0 Å². The van der Waals surface area contributed by atoms with Crippen LogP contribution in [0.4, 0.5) is 4.79 Å². The van der Waals surface area contributed by atoms with Gasteiger partial charge in [-0.05, 0) is 24.3 Å². The largest absolute Gasteiger partial charge is 0.449 e. The number of ether oxygens (including phenoxy) is 1. The van der Waals surface area contributed by atoms with Crippen LogP contribution < -0.4 is 5.32 Å². The van der Waals surface area contributed by atoms with E-state index in [9.17, 15) is 4.79 Å². The zero-order valence-corrected chi connectivity index (χ0v) is 7.78. The van der Waals surface area contributed by atoms with Crippen LogP contribution >= 0.6 is 11.8 Å². The second-order valence-corrected chi connectivity index (χ2v) is 4.63. The number of hydrogen-bond donors (Lipinski definition) is 1. The highest BCUT2D eigenvalue weighted by atomic mass is 32.2. The first-order chi connectivity index (χ1) is 5.81. The lowest BCUT2D eigenvalue weighted by molar-refractivity contribution is 0.0833. The van der Waals surface area contributed by atoms with Crippen LogP contribution in [0.1, 0.15) is 19.3 Å². The Morgan fingerprint density at radius 2 is 2.08 bits per heavy atom. The van der Waals surface area contributed by atoms with E-state index in [0.717, 1.165) is 19.3 Å². The van der Waals surface area contributed by atoms with Crippen LogP contribution in [0.15, 0.2) is 0 Å². The average Bonchev–Trinajstić information content (AvgIpc) is 2.05. The molecular formula is C8H13NO2S. The second kappa shape index (κ2) is 3.17. The van der Waals surface area contributed by atoms with E-state index in [1.54, 1.807) is 0 Å². The summed E-state index contributed by atoms with van der Waals surface area (Å²) in [7, 11) is 0. The number of carbonyl (C=O) groups excluding carboxylic acids is 1. The van der Waals surface area contributed by atoms with Crippen molar-refractivity contribution in [1.29, 1.82) is 0 Å². The first-order valence-corrected chi connectivity index (χ1v) is 5.49. The van der Waals surface area contributed by atoms with E-state index in [0.29, 0.717) is 6.61 Å². The maximum atomic E-state index is 11.0. The van der Waals surface area contributed by atoms with Crippen molar-refractivity contribution in [3.05, 3.63) is 0 Å². The van der Waals surface area contributed by atoms with Crippen molar-refractivity contribution in [1.82, 2.24) is 5.32 Å². The summed E-state index contributed by atoms with van der Waals surface area (Å²) in [6, 6.07) is 0. The fraction of sp³-hybridized carbons (Fsp3) is 0.875. The van der Waals surface area contributed by atoms with Gasteiger partial charge in [0.2, 0.25) is 0 Å². The van der Waals surface area contributed by atoms with E-state index in [4.69, 9.17) is 4.74 Å². The Hall–Kier alpha value is -0.380. The van der Waals surface area contributed by atoms with Gasteiger partial charge in [-0.25, -0.2) is 4.79 Å². The summed E-state index contributed by atoms with van der Waals surface area (Å²) in [4.78, 5) is 11.0. The molecule has 0 aromatic heterocycles. The van der Waals surface area contributed by atoms with Crippen molar-refractivity contribution < 1.29 is 9.53 Å². The van der Waals surface area contributed by atoms with E-state index >= 15 is 0 Å². The Kier molecular flexibility index (Phi) is 2.17. The first kappa shape index (κ1) is 8.23. The van der Waals surface area contributed by atoms with E-state index in [-0.39, 0.29) is 11.6 Å². The van der Waals surface area contributed by atoms with Gasteiger partial charge < -0.3 is 10.1 Å². The van der Waals surface area contributed by atoms with Crippen LogP contribution in [0, 0.1) is 0 Å². The molecule has 0 saturated carbocycles. The van der Waals surface area contributed by atoms with Gasteiger partial charge in [0.15, 0.2) is 0 Å². The molecule has 2 rings (SSSR count). The maximum Gasteiger partial charge on any atom is 0.407 e. The SMILES string of the molecule is O=C1NC2(CCO1)CCSCC2. The van der Waals surface area contributed by atoms with Gasteiger partial charge in [0.05, 0.1) is 6.61 Å². The minimum Gasteiger partial charge on any atom is -0.449 e. The van der Waals surface area contributed by atoms with Crippen LogP contribution in [0.5, 0.6) is 0 Å². The predicted molar refractivity (Wildman–Crippen MR) is 48.4 cm³/mol. The average molecular weight is 187 g/mol. The molecule has 0 bridgehead atoms. The molecule has 2 saturated heterocycles. The molecule has 68 valence electrons. The Labute approximate surface area is 76.2 Å². The molecule has 1 spiro atoms. The van der Waals surface area contributed by atoms with Gasteiger partial charge in [0.1, 0.15) is 0 Å². The lowest BCUT2D eigenvalue weighted by Gasteiger charge is -2.40. The fourth-order valence-electron chi connectivity index (χ4n) is 1.79. The first-order valence-electron chi connectivity index (χ1n) is 4.33. The molecule has 4 heteroatoms. The molecule has 1 amide bonds. The lowest BCUT2D eigenvalue weighted by atomic mass is 9.88. The summed E-state index contributed by atoms with van der Waals surface area (Å²) in [6.07, 6.45) is 2.96. The second-order valence-electron chi connectivity index (χ2n) is 3.40. The zero-order valence-electron chi connectivity index (χ0n) is 6.97. The third-order valence-electron chi connectivity index (χ3n) is 2.63. The van der Waals surface area contributed by atoms with Crippen LogP contribution in [0.3, 0.4) is 0 Å². The van der Waals surface area contributed by atoms with Crippen molar-refractivity contribution in [2.45, 2.75) is 24.8 Å². The highest BCUT2D eigenvalue weighted by Gasteiger charge is 2.36. The normalized spacial score (nSPS) is 27.8. The number of hydrogen-bond acceptors (Lipinski definition) is 3. The van der Waals surface area contributed by atoms with Gasteiger partial charge in [0, 0.05) is 12.0 Å². The number of carbonyl (C=O) groups is 1. The summed E-state index contributed by atoms with van der Waals surface area (Å²) in [5.41, 5.74) is 0.0839. The predicted octanol–water partition coefficient (Wildman–Crippen LogP) is 1.38. The number of rotatable bonds is 0. The number of amides is 1. The van der Waals surface area contributed by atoms with Crippen molar-refractivity contribution in [2.24, 2.45) is 0 Å². The zero-order chi connectivity index (χ0) is 8.44. The Balaban J connectivity index is 2.02. The molecule has 3 nitrogen and oxygen atoms in total. The molecule has 12 heavy (non-hydrogen) atoms. The molecule has 0 aromatic carbocycles. The topological polar surface area (TPSA) is 38.3 Å². The summed E-state index contributed by atoms with van der Waals surface area (Å²) in [6.45, 7) is 0.594. The number of thioether (sulfide) groups is 1. The molecule has 2 fully saturated rings. The molecule has 0 unspecified atom stereocenters.